The van der Waals surface area contributed by atoms with Crippen molar-refractivity contribution >= 4 is 11.4 Å². The van der Waals surface area contributed by atoms with E-state index >= 15 is 0 Å². The predicted octanol–water partition coefficient (Wildman–Crippen LogP) is 2.38. The Morgan fingerprint density at radius 1 is 1.24 bits per heavy atom. The average Bonchev–Trinajstić information content (AvgIpc) is 2.40. The largest absolute Gasteiger partial charge is 0.504 e. The first-order chi connectivity index (χ1) is 9.78. The van der Waals surface area contributed by atoms with Gasteiger partial charge in [-0.1, -0.05) is 6.07 Å². The third-order valence-corrected chi connectivity index (χ3v) is 3.44. The maximum atomic E-state index is 10.1. The molecule has 0 radical (unpaired) electrons. The van der Waals surface area contributed by atoms with E-state index in [0.29, 0.717) is 11.6 Å². The van der Waals surface area contributed by atoms with Crippen molar-refractivity contribution in [3.8, 4) is 5.75 Å². The number of hydrogen-bond donors (Lipinski definition) is 2. The van der Waals surface area contributed by atoms with Gasteiger partial charge in [-0.05, 0) is 39.5 Å². The third-order valence-electron chi connectivity index (χ3n) is 3.44. The molecule has 0 atom stereocenters. The van der Waals surface area contributed by atoms with E-state index < -0.39 is 0 Å². The van der Waals surface area contributed by atoms with Crippen molar-refractivity contribution in [1.29, 1.82) is 0 Å². The zero-order valence-electron chi connectivity index (χ0n) is 13.1. The van der Waals surface area contributed by atoms with E-state index in [0.717, 1.165) is 31.9 Å². The van der Waals surface area contributed by atoms with Gasteiger partial charge in [0.15, 0.2) is 11.6 Å². The molecule has 1 aliphatic rings. The molecule has 0 unspecified atom stereocenters. The van der Waals surface area contributed by atoms with Crippen molar-refractivity contribution in [2.45, 2.75) is 26.4 Å². The lowest BCUT2D eigenvalue weighted by Crippen LogP contribution is -2.46. The van der Waals surface area contributed by atoms with Gasteiger partial charge in [0.1, 0.15) is 5.60 Å². The smallest absolute Gasteiger partial charge is 0.182 e. The Hall–Kier alpha value is -2.04. The summed E-state index contributed by atoms with van der Waals surface area (Å²) in [5.74, 6) is 0.870. The quantitative estimate of drug-likeness (QED) is 0.508. The molecule has 1 aromatic carbocycles. The fraction of sp³-hybridized carbons (Fsp3) is 0.500. The van der Waals surface area contributed by atoms with E-state index in [9.17, 15) is 5.11 Å². The summed E-state index contributed by atoms with van der Waals surface area (Å²) in [6.45, 7) is 13.3. The number of benzene rings is 1. The Balaban J connectivity index is 1.97. The number of rotatable bonds is 3. The fourth-order valence-corrected chi connectivity index (χ4v) is 2.42. The highest BCUT2D eigenvalue weighted by Gasteiger charge is 2.23. The van der Waals surface area contributed by atoms with Crippen LogP contribution in [0.5, 0.6) is 5.75 Å². The molecule has 0 bridgehead atoms. The molecule has 0 aromatic heterocycles. The molecule has 0 aliphatic carbocycles. The molecule has 5 nitrogen and oxygen atoms in total. The number of piperazine rings is 1. The van der Waals surface area contributed by atoms with Gasteiger partial charge in [-0.15, -0.1) is 0 Å². The number of nitrogen functional groups attached to an aromatic ring is 1. The van der Waals surface area contributed by atoms with Gasteiger partial charge >= 0.3 is 0 Å². The Labute approximate surface area is 126 Å². The number of ether oxygens (including phenoxy) is 1. The minimum absolute atomic E-state index is 0.163. The molecule has 1 saturated heterocycles. The van der Waals surface area contributed by atoms with Crippen LogP contribution in [-0.4, -0.2) is 41.8 Å². The summed E-state index contributed by atoms with van der Waals surface area (Å²) in [6.07, 6.45) is 0. The molecule has 1 fully saturated rings. The average molecular weight is 291 g/mol. The molecule has 0 spiro atoms. The van der Waals surface area contributed by atoms with Crippen LogP contribution in [0.15, 0.2) is 30.7 Å². The summed E-state index contributed by atoms with van der Waals surface area (Å²) in [5, 5.41) is 10.1. The lowest BCUT2D eigenvalue weighted by atomic mass is 10.2. The second kappa shape index (κ2) is 5.76. The Morgan fingerprint density at radius 3 is 2.43 bits per heavy atom. The van der Waals surface area contributed by atoms with Crippen molar-refractivity contribution in [2.75, 3.05) is 36.8 Å². The summed E-state index contributed by atoms with van der Waals surface area (Å²) < 4.78 is 5.80. The van der Waals surface area contributed by atoms with E-state index in [1.807, 2.05) is 32.9 Å². The summed E-state index contributed by atoms with van der Waals surface area (Å²) in [5.41, 5.74) is 6.72. The van der Waals surface area contributed by atoms with E-state index in [1.54, 1.807) is 6.07 Å². The predicted molar refractivity (Wildman–Crippen MR) is 86.3 cm³/mol. The highest BCUT2D eigenvalue weighted by Crippen LogP contribution is 2.33. The van der Waals surface area contributed by atoms with Gasteiger partial charge in [-0.2, -0.15) is 0 Å². The van der Waals surface area contributed by atoms with Crippen LogP contribution in [0.2, 0.25) is 0 Å². The van der Waals surface area contributed by atoms with Gasteiger partial charge < -0.3 is 25.4 Å². The first kappa shape index (κ1) is 15.4. The standard InChI is InChI=1S/C16H25N3O2/c1-12(21-16(2,3)4)18-8-10-19(11-9-18)14-7-5-6-13(17)15(14)20/h5-7,20H,1,8-11,17H2,2-4H3. The van der Waals surface area contributed by atoms with Crippen molar-refractivity contribution in [3.05, 3.63) is 30.7 Å². The first-order valence-electron chi connectivity index (χ1n) is 7.23. The van der Waals surface area contributed by atoms with E-state index in [4.69, 9.17) is 10.5 Å². The van der Waals surface area contributed by atoms with E-state index in [2.05, 4.69) is 16.4 Å². The molecule has 0 saturated carbocycles. The highest BCUT2D eigenvalue weighted by atomic mass is 16.5. The fourth-order valence-electron chi connectivity index (χ4n) is 2.42. The van der Waals surface area contributed by atoms with Crippen molar-refractivity contribution in [1.82, 2.24) is 4.90 Å². The highest BCUT2D eigenvalue weighted by molar-refractivity contribution is 5.69. The van der Waals surface area contributed by atoms with Crippen LogP contribution >= 0.6 is 0 Å². The van der Waals surface area contributed by atoms with Crippen molar-refractivity contribution < 1.29 is 9.84 Å². The number of nitrogens with two attached hydrogens (primary N) is 1. The second-order valence-corrected chi connectivity index (χ2v) is 6.30. The van der Waals surface area contributed by atoms with Crippen LogP contribution in [0.25, 0.3) is 0 Å². The molecule has 1 aliphatic heterocycles. The molecule has 1 heterocycles. The third kappa shape index (κ3) is 3.74. The summed E-state index contributed by atoms with van der Waals surface area (Å²) in [6, 6.07) is 5.45. The summed E-state index contributed by atoms with van der Waals surface area (Å²) in [7, 11) is 0. The van der Waals surface area contributed by atoms with Crippen LogP contribution < -0.4 is 10.6 Å². The van der Waals surface area contributed by atoms with Gasteiger partial charge in [0, 0.05) is 26.2 Å². The molecule has 1 aromatic rings. The number of hydrogen-bond acceptors (Lipinski definition) is 5. The molecule has 2 rings (SSSR count). The lowest BCUT2D eigenvalue weighted by molar-refractivity contribution is 0.00166. The number of aromatic hydroxyl groups is 1. The van der Waals surface area contributed by atoms with Crippen LogP contribution in [0.3, 0.4) is 0 Å². The molecule has 21 heavy (non-hydrogen) atoms. The Bertz CT molecular complexity index is 515. The minimum Gasteiger partial charge on any atom is -0.504 e. The van der Waals surface area contributed by atoms with Crippen molar-refractivity contribution in [3.63, 3.8) is 0 Å². The SMILES string of the molecule is C=C(OC(C)(C)C)N1CCN(c2cccc(N)c2O)CC1. The lowest BCUT2D eigenvalue weighted by Gasteiger charge is -2.39. The monoisotopic (exact) mass is 291 g/mol. The molecule has 5 heteroatoms. The molecule has 116 valence electrons. The molecular weight excluding hydrogens is 266 g/mol. The number of anilines is 2. The minimum atomic E-state index is -0.236. The normalized spacial score (nSPS) is 16.0. The molecule has 0 amide bonds. The van der Waals surface area contributed by atoms with Crippen LogP contribution in [-0.2, 0) is 4.74 Å². The van der Waals surface area contributed by atoms with E-state index in [1.165, 1.54) is 0 Å². The number of phenols is 1. The van der Waals surface area contributed by atoms with Crippen LogP contribution in [0.1, 0.15) is 20.8 Å². The summed E-state index contributed by atoms with van der Waals surface area (Å²) >= 11 is 0. The first-order valence-corrected chi connectivity index (χ1v) is 7.23. The Morgan fingerprint density at radius 2 is 1.86 bits per heavy atom. The molecular formula is C16H25N3O2. The van der Waals surface area contributed by atoms with Gasteiger partial charge in [0.05, 0.1) is 11.4 Å². The van der Waals surface area contributed by atoms with Gasteiger partial charge in [0.2, 0.25) is 0 Å². The van der Waals surface area contributed by atoms with E-state index in [-0.39, 0.29) is 11.4 Å². The maximum absolute atomic E-state index is 10.1. The zero-order chi connectivity index (χ0) is 15.6. The van der Waals surface area contributed by atoms with Gasteiger partial charge in [0.25, 0.3) is 0 Å². The number of phenolic OH excluding ortho intramolecular Hbond substituents is 1. The molecule has 3 N–H and O–H groups in total. The topological polar surface area (TPSA) is 62.0 Å². The zero-order valence-corrected chi connectivity index (χ0v) is 13.1. The summed E-state index contributed by atoms with van der Waals surface area (Å²) in [4.78, 5) is 4.26. The number of nitrogens with zero attached hydrogens (tertiary/aromatic N) is 2. The number of para-hydroxylation sites is 1. The Kier molecular flexibility index (Phi) is 4.21. The van der Waals surface area contributed by atoms with Crippen LogP contribution in [0, 0.1) is 0 Å². The van der Waals surface area contributed by atoms with Crippen molar-refractivity contribution in [2.24, 2.45) is 0 Å². The van der Waals surface area contributed by atoms with Crippen LogP contribution in [0.4, 0.5) is 11.4 Å². The van der Waals surface area contributed by atoms with Gasteiger partial charge in [-0.25, -0.2) is 0 Å². The maximum Gasteiger partial charge on any atom is 0.182 e. The van der Waals surface area contributed by atoms with Gasteiger partial charge in [-0.3, -0.25) is 0 Å². The second-order valence-electron chi connectivity index (χ2n) is 6.30.